The average Bonchev–Trinajstić information content (AvgIpc) is 2.12. The molecule has 0 rings (SSSR count). The lowest BCUT2D eigenvalue weighted by atomic mass is 9.96. The van der Waals surface area contributed by atoms with Crippen molar-refractivity contribution in [1.82, 2.24) is 0 Å². The number of halogens is 2. The molecule has 0 aliphatic heterocycles. The number of hydrogen-bond donors (Lipinski definition) is 7. The highest BCUT2D eigenvalue weighted by molar-refractivity contribution is 7.45. The topological polar surface area (TPSA) is 210 Å². The molecule has 21 heavy (non-hydrogen) atoms. The zero-order valence-corrected chi connectivity index (χ0v) is 12.5. The summed E-state index contributed by atoms with van der Waals surface area (Å²) in [6, 6.07) is 0. The van der Waals surface area contributed by atoms with Gasteiger partial charge in [-0.3, -0.25) is 9.59 Å². The predicted molar refractivity (Wildman–Crippen MR) is 67.9 cm³/mol. The van der Waals surface area contributed by atoms with Gasteiger partial charge in [0.05, 0.1) is 18.2 Å². The van der Waals surface area contributed by atoms with Crippen LogP contribution in [0.2, 0.25) is 0 Å². The fourth-order valence-electron chi connectivity index (χ4n) is 0.714. The van der Waals surface area contributed by atoms with Crippen LogP contribution in [0.4, 0.5) is 0 Å². The number of alkyl halides is 2. The highest BCUT2D eigenvalue weighted by Gasteiger charge is 2.40. The van der Waals surface area contributed by atoms with Gasteiger partial charge in [-0.05, 0) is 0 Å². The molecule has 0 aromatic carbocycles. The van der Waals surface area contributed by atoms with E-state index >= 15 is 0 Å². The number of aliphatic hydroxyl groups is 1. The van der Waals surface area contributed by atoms with E-state index in [0.29, 0.717) is 0 Å². The maximum Gasteiger partial charge on any atom is 0.466 e. The molecule has 126 valence electrons. The van der Waals surface area contributed by atoms with Gasteiger partial charge >= 0.3 is 25.7 Å². The first kappa shape index (κ1) is 25.0. The van der Waals surface area contributed by atoms with Crippen LogP contribution in [-0.2, 0) is 18.9 Å². The van der Waals surface area contributed by atoms with Crippen LogP contribution in [0, 0.1) is 0 Å². The summed E-state index contributed by atoms with van der Waals surface area (Å²) in [5, 5.41) is 34.0. The summed E-state index contributed by atoms with van der Waals surface area (Å²) in [6.45, 7) is 0. The van der Waals surface area contributed by atoms with Gasteiger partial charge in [-0.2, -0.15) is 0 Å². The molecule has 0 amide bonds. The van der Waals surface area contributed by atoms with Crippen LogP contribution in [0.25, 0.3) is 0 Å². The minimum Gasteiger partial charge on any atom is -0.481 e. The summed E-state index contributed by atoms with van der Waals surface area (Å²) in [7, 11) is -4.64. The van der Waals surface area contributed by atoms with E-state index in [1.807, 2.05) is 0 Å². The molecule has 0 unspecified atom stereocenters. The summed E-state index contributed by atoms with van der Waals surface area (Å²) in [6.07, 6.45) is -2.29. The molecule has 0 spiro atoms. The SMILES string of the molecule is ClCCl.O=C(O)CC(O)(CC(=O)O)C(=O)O.O=P(O)(O)O. The summed E-state index contributed by atoms with van der Waals surface area (Å²) in [5.74, 6) is -5.02. The van der Waals surface area contributed by atoms with Gasteiger partial charge in [-0.25, -0.2) is 9.36 Å². The highest BCUT2D eigenvalue weighted by atomic mass is 35.5. The van der Waals surface area contributed by atoms with Crippen molar-refractivity contribution in [3.05, 3.63) is 0 Å². The molecule has 0 heterocycles. The Labute approximate surface area is 127 Å². The van der Waals surface area contributed by atoms with Crippen LogP contribution in [0.5, 0.6) is 0 Å². The number of carbonyl (C=O) groups is 3. The standard InChI is InChI=1S/C6H8O7.CH2Cl2.H3O4P/c7-3(8)1-6(13,5(11)12)2-4(9)10;2-1-3;1-5(2,3)4/h13H,1-2H2,(H,7,8)(H,9,10)(H,11,12);1H2;(H3,1,2,3,4). The van der Waals surface area contributed by atoms with E-state index in [9.17, 15) is 14.4 Å². The first-order valence-electron chi connectivity index (χ1n) is 4.49. The van der Waals surface area contributed by atoms with Gasteiger partial charge in [0, 0.05) is 0 Å². The van der Waals surface area contributed by atoms with Crippen molar-refractivity contribution in [1.29, 1.82) is 0 Å². The van der Waals surface area contributed by atoms with Gasteiger partial charge in [-0.15, -0.1) is 23.2 Å². The minimum absolute atomic E-state index is 0.194. The smallest absolute Gasteiger partial charge is 0.466 e. The van der Waals surface area contributed by atoms with Crippen molar-refractivity contribution in [3.8, 4) is 0 Å². The molecular weight excluding hydrogens is 362 g/mol. The molecule has 0 bridgehead atoms. The molecule has 14 heteroatoms. The molecule has 0 saturated heterocycles. The maximum atomic E-state index is 10.3. The fourth-order valence-corrected chi connectivity index (χ4v) is 0.714. The normalized spacial score (nSPS) is 10.4. The van der Waals surface area contributed by atoms with E-state index in [1.54, 1.807) is 0 Å². The third-order valence-corrected chi connectivity index (χ3v) is 1.29. The van der Waals surface area contributed by atoms with Crippen molar-refractivity contribution >= 4 is 48.9 Å². The van der Waals surface area contributed by atoms with E-state index < -0.39 is 44.2 Å². The number of hydrogen-bond acceptors (Lipinski definition) is 5. The van der Waals surface area contributed by atoms with Crippen LogP contribution >= 0.6 is 31.0 Å². The van der Waals surface area contributed by atoms with Gasteiger partial charge in [-0.1, -0.05) is 0 Å². The number of carboxylic acids is 3. The minimum atomic E-state index is -4.64. The van der Waals surface area contributed by atoms with Gasteiger partial charge in [0.2, 0.25) is 0 Å². The Bertz CT molecular complexity index is 368. The van der Waals surface area contributed by atoms with Gasteiger partial charge in [0.15, 0.2) is 5.60 Å². The highest BCUT2D eigenvalue weighted by Crippen LogP contribution is 2.25. The fraction of sp³-hybridized carbons (Fsp3) is 0.571. The summed E-state index contributed by atoms with van der Waals surface area (Å²) in [4.78, 5) is 52.0. The summed E-state index contributed by atoms with van der Waals surface area (Å²) >= 11 is 9.53. The second-order valence-corrected chi connectivity index (χ2v) is 4.93. The first-order valence-corrected chi connectivity index (χ1v) is 7.12. The summed E-state index contributed by atoms with van der Waals surface area (Å²) < 4.78 is 8.88. The Hall–Kier alpha value is -0.940. The third kappa shape index (κ3) is 24.5. The number of carboxylic acid groups (broad SMARTS) is 3. The van der Waals surface area contributed by atoms with Crippen LogP contribution in [0.15, 0.2) is 0 Å². The van der Waals surface area contributed by atoms with Crippen LogP contribution in [-0.4, -0.2) is 64.0 Å². The molecule has 11 nitrogen and oxygen atoms in total. The Morgan fingerprint density at radius 2 is 1.10 bits per heavy atom. The summed E-state index contributed by atoms with van der Waals surface area (Å²) in [5.41, 5.74) is -2.74. The maximum absolute atomic E-state index is 10.3. The van der Waals surface area contributed by atoms with Gasteiger partial charge in [0.1, 0.15) is 0 Å². The van der Waals surface area contributed by atoms with Crippen LogP contribution < -0.4 is 0 Å². The third-order valence-electron chi connectivity index (χ3n) is 1.29. The monoisotopic (exact) mass is 374 g/mol. The molecular formula is C7H13Cl2O11P. The Morgan fingerprint density at radius 1 is 0.905 bits per heavy atom. The lowest BCUT2D eigenvalue weighted by Crippen LogP contribution is -2.42. The molecule has 0 aromatic heterocycles. The molecule has 0 aliphatic rings. The van der Waals surface area contributed by atoms with E-state index in [2.05, 4.69) is 0 Å². The lowest BCUT2D eigenvalue weighted by molar-refractivity contribution is -0.170. The van der Waals surface area contributed by atoms with Crippen LogP contribution in [0.3, 0.4) is 0 Å². The number of rotatable bonds is 5. The number of phosphoric acid groups is 1. The Morgan fingerprint density at radius 3 is 1.19 bits per heavy atom. The zero-order chi connectivity index (χ0) is 17.9. The van der Waals surface area contributed by atoms with Crippen LogP contribution in [0.1, 0.15) is 12.8 Å². The van der Waals surface area contributed by atoms with Crippen molar-refractivity contribution in [3.63, 3.8) is 0 Å². The molecule has 0 aliphatic carbocycles. The van der Waals surface area contributed by atoms with Gasteiger partial charge < -0.3 is 35.1 Å². The Balaban J connectivity index is -0.000000335. The molecule has 0 fully saturated rings. The van der Waals surface area contributed by atoms with E-state index in [0.717, 1.165) is 0 Å². The van der Waals surface area contributed by atoms with Crippen molar-refractivity contribution in [2.45, 2.75) is 18.4 Å². The lowest BCUT2D eigenvalue weighted by Gasteiger charge is -2.18. The van der Waals surface area contributed by atoms with E-state index in [-0.39, 0.29) is 5.34 Å². The molecule has 0 atom stereocenters. The largest absolute Gasteiger partial charge is 0.481 e. The van der Waals surface area contributed by atoms with E-state index in [1.165, 1.54) is 0 Å². The second-order valence-electron chi connectivity index (χ2n) is 3.09. The predicted octanol–water partition coefficient (Wildman–Crippen LogP) is -0.756. The molecule has 0 radical (unpaired) electrons. The molecule has 7 N–H and O–H groups in total. The average molecular weight is 375 g/mol. The van der Waals surface area contributed by atoms with Crippen molar-refractivity contribution in [2.24, 2.45) is 0 Å². The van der Waals surface area contributed by atoms with Crippen molar-refractivity contribution < 1.29 is 54.1 Å². The molecule has 0 saturated carbocycles. The van der Waals surface area contributed by atoms with Crippen molar-refractivity contribution in [2.75, 3.05) is 5.34 Å². The quantitative estimate of drug-likeness (QED) is 0.235. The van der Waals surface area contributed by atoms with E-state index in [4.69, 9.17) is 62.9 Å². The molecule has 0 aromatic rings. The first-order chi connectivity index (χ1) is 9.19. The Kier molecular flexibility index (Phi) is 13.9. The number of aliphatic carboxylic acids is 3. The second kappa shape index (κ2) is 11.7. The van der Waals surface area contributed by atoms with Gasteiger partial charge in [0.25, 0.3) is 0 Å². The zero-order valence-electron chi connectivity index (χ0n) is 10.1.